The zero-order valence-electron chi connectivity index (χ0n) is 19.4. The van der Waals surface area contributed by atoms with Crippen LogP contribution in [0.3, 0.4) is 0 Å². The van der Waals surface area contributed by atoms with Crippen molar-refractivity contribution in [3.05, 3.63) is 38.0 Å². The van der Waals surface area contributed by atoms with Gasteiger partial charge in [0.15, 0.2) is 5.97 Å². The smallest absolute Gasteiger partial charge is 0.540 e. The Morgan fingerprint density at radius 1 is 0.767 bits per heavy atom. The number of aliphatic carboxylic acids is 1. The van der Waals surface area contributed by atoms with Crippen LogP contribution in [0, 0.1) is 0 Å². The summed E-state index contributed by atoms with van der Waals surface area (Å²) in [5, 5.41) is 11.2. The van der Waals surface area contributed by atoms with Crippen molar-refractivity contribution in [2.75, 3.05) is 0 Å². The first-order valence-corrected chi connectivity index (χ1v) is 11.2. The van der Waals surface area contributed by atoms with Gasteiger partial charge in [-0.1, -0.05) is 104 Å². The minimum atomic E-state index is -2.38. The molecule has 0 aliphatic carbocycles. The molecule has 0 aliphatic heterocycles. The third kappa shape index (κ3) is 16.8. The molecule has 0 unspecified atom stereocenters. The number of carboxylic acid groups (broad SMARTS) is 1. The van der Waals surface area contributed by atoms with Gasteiger partial charge in [0.05, 0.1) is 18.8 Å². The van der Waals surface area contributed by atoms with E-state index >= 15 is 0 Å². The van der Waals surface area contributed by atoms with Crippen LogP contribution < -0.4 is 34.7 Å². The molecule has 30 heavy (non-hydrogen) atoms. The van der Waals surface area contributed by atoms with E-state index in [1.807, 2.05) is 0 Å². The van der Waals surface area contributed by atoms with Crippen molar-refractivity contribution in [1.29, 1.82) is 0 Å². The van der Waals surface area contributed by atoms with Gasteiger partial charge in [-0.2, -0.15) is 0 Å². The van der Waals surface area contributed by atoms with Gasteiger partial charge in [-0.3, -0.25) is 0 Å². The third-order valence-electron chi connectivity index (χ3n) is 4.77. The fraction of sp³-hybridized carbons (Fsp3) is 0.708. The van der Waals surface area contributed by atoms with Crippen LogP contribution in [0.4, 0.5) is 0 Å². The fourth-order valence-electron chi connectivity index (χ4n) is 3.11. The zero-order chi connectivity index (χ0) is 21.6. The first-order valence-electron chi connectivity index (χ1n) is 11.2. The molecular weight excluding hydrogens is 391 g/mol. The SMILES string of the molecule is C=COC(OC=C)(OC=CCCCCCCCCCCCCCCCC)C(=O)[O-].[Na+]. The van der Waals surface area contributed by atoms with Crippen LogP contribution in [-0.2, 0) is 19.0 Å². The Morgan fingerprint density at radius 3 is 1.53 bits per heavy atom. The number of hydrogen-bond acceptors (Lipinski definition) is 5. The van der Waals surface area contributed by atoms with Gasteiger partial charge < -0.3 is 24.1 Å². The second-order valence-electron chi connectivity index (χ2n) is 7.29. The Bertz CT molecular complexity index is 441. The Kier molecular flexibility index (Phi) is 23.7. The summed E-state index contributed by atoms with van der Waals surface area (Å²) in [6, 6.07) is 0. The molecule has 0 fully saturated rings. The predicted molar refractivity (Wildman–Crippen MR) is 115 cm³/mol. The molecule has 0 aromatic heterocycles. The van der Waals surface area contributed by atoms with Crippen molar-refractivity contribution in [3.63, 3.8) is 0 Å². The Hall–Kier alpha value is -0.910. The first-order chi connectivity index (χ1) is 14.1. The molecule has 0 aromatic rings. The van der Waals surface area contributed by atoms with E-state index in [1.165, 1.54) is 83.3 Å². The van der Waals surface area contributed by atoms with Crippen LogP contribution in [0.15, 0.2) is 38.0 Å². The molecule has 5 nitrogen and oxygen atoms in total. The van der Waals surface area contributed by atoms with Crippen LogP contribution in [0.25, 0.3) is 0 Å². The summed E-state index contributed by atoms with van der Waals surface area (Å²) >= 11 is 0. The Balaban J connectivity index is 0. The van der Waals surface area contributed by atoms with Gasteiger partial charge in [-0.15, -0.1) is 0 Å². The van der Waals surface area contributed by atoms with Gasteiger partial charge >= 0.3 is 35.5 Å². The minimum absolute atomic E-state index is 0. The summed E-state index contributed by atoms with van der Waals surface area (Å²) in [7, 11) is 0. The van der Waals surface area contributed by atoms with Crippen LogP contribution >= 0.6 is 0 Å². The largest absolute Gasteiger partial charge is 1.00 e. The van der Waals surface area contributed by atoms with Crippen molar-refractivity contribution in [2.45, 2.75) is 109 Å². The van der Waals surface area contributed by atoms with Crippen LogP contribution in [0.1, 0.15) is 103 Å². The molecule has 0 radical (unpaired) electrons. The molecule has 0 spiro atoms. The van der Waals surface area contributed by atoms with E-state index in [2.05, 4.69) is 20.1 Å². The quantitative estimate of drug-likeness (QED) is 0.114. The molecule has 0 amide bonds. The number of allylic oxidation sites excluding steroid dienone is 1. The minimum Gasteiger partial charge on any atom is -0.540 e. The number of rotatable bonds is 22. The second kappa shape index (κ2) is 22.8. The molecule has 0 aliphatic rings. The number of hydrogen-bond donors (Lipinski definition) is 0. The summed E-state index contributed by atoms with van der Waals surface area (Å²) in [5.74, 6) is -4.05. The maximum Gasteiger partial charge on any atom is 1.00 e. The standard InChI is InChI=1S/C24H42O5.Na/c1-4-7-8-9-10-11-12-13-14-15-16-17-18-19-20-21-22-29-24(23(25)26,27-5-2)28-6-3;/h5-6,21-22H,2-4,7-20H2,1H3,(H,25,26);/q;+1/p-1. The van der Waals surface area contributed by atoms with Gasteiger partial charge in [-0.05, 0) is 18.9 Å². The number of unbranched alkanes of at least 4 members (excludes halogenated alkanes) is 14. The summed E-state index contributed by atoms with van der Waals surface area (Å²) < 4.78 is 14.7. The maximum absolute atomic E-state index is 11.2. The van der Waals surface area contributed by atoms with Crippen LogP contribution in [0.2, 0.25) is 0 Å². The molecule has 6 heteroatoms. The zero-order valence-corrected chi connectivity index (χ0v) is 21.4. The topological polar surface area (TPSA) is 67.8 Å². The first kappa shape index (κ1) is 31.3. The summed E-state index contributed by atoms with van der Waals surface area (Å²) in [6.45, 7) is 8.87. The molecule has 0 aromatic carbocycles. The summed E-state index contributed by atoms with van der Waals surface area (Å²) in [4.78, 5) is 11.2. The second-order valence-corrected chi connectivity index (χ2v) is 7.29. The van der Waals surface area contributed by atoms with Crippen LogP contribution in [-0.4, -0.2) is 11.9 Å². The molecule has 0 saturated carbocycles. The number of carboxylic acids is 1. The average molecular weight is 433 g/mol. The van der Waals surface area contributed by atoms with E-state index in [-0.39, 0.29) is 29.6 Å². The molecule has 0 atom stereocenters. The van der Waals surface area contributed by atoms with Crippen molar-refractivity contribution in [3.8, 4) is 0 Å². The van der Waals surface area contributed by atoms with Crippen molar-refractivity contribution in [1.82, 2.24) is 0 Å². The maximum atomic E-state index is 11.2. The van der Waals surface area contributed by atoms with Gasteiger partial charge in [-0.25, -0.2) is 0 Å². The van der Waals surface area contributed by atoms with Crippen LogP contribution in [0.5, 0.6) is 0 Å². The average Bonchev–Trinajstić information content (AvgIpc) is 2.70. The van der Waals surface area contributed by atoms with E-state index in [0.29, 0.717) is 0 Å². The molecule has 0 saturated heterocycles. The third-order valence-corrected chi connectivity index (χ3v) is 4.77. The number of carbonyl (C=O) groups is 1. The predicted octanol–water partition coefficient (Wildman–Crippen LogP) is 3.12. The monoisotopic (exact) mass is 432 g/mol. The molecule has 0 N–H and O–H groups in total. The van der Waals surface area contributed by atoms with Gasteiger partial charge in [0, 0.05) is 0 Å². The van der Waals surface area contributed by atoms with E-state index in [1.54, 1.807) is 6.08 Å². The normalized spacial score (nSPS) is 11.0. The molecule has 0 rings (SSSR count). The number of ether oxygens (including phenoxy) is 3. The molecule has 0 bridgehead atoms. The van der Waals surface area contributed by atoms with Crippen molar-refractivity contribution >= 4 is 5.97 Å². The van der Waals surface area contributed by atoms with E-state index in [0.717, 1.165) is 31.8 Å². The molecule has 168 valence electrons. The van der Waals surface area contributed by atoms with Gasteiger partial charge in [0.1, 0.15) is 0 Å². The molecular formula is C24H41NaO5. The van der Waals surface area contributed by atoms with Crippen molar-refractivity contribution < 1.29 is 53.7 Å². The van der Waals surface area contributed by atoms with E-state index in [4.69, 9.17) is 14.2 Å². The molecule has 0 heterocycles. The van der Waals surface area contributed by atoms with Crippen molar-refractivity contribution in [2.24, 2.45) is 0 Å². The van der Waals surface area contributed by atoms with E-state index in [9.17, 15) is 9.90 Å². The Labute approximate surface area is 206 Å². The number of carbonyl (C=O) groups excluding carboxylic acids is 1. The summed E-state index contributed by atoms with van der Waals surface area (Å²) in [5.41, 5.74) is 0. The van der Waals surface area contributed by atoms with E-state index < -0.39 is 11.9 Å². The fourth-order valence-corrected chi connectivity index (χ4v) is 3.11. The van der Waals surface area contributed by atoms with Gasteiger partial charge in [0.2, 0.25) is 0 Å². The summed E-state index contributed by atoms with van der Waals surface area (Å²) in [6.07, 6.45) is 24.1. The van der Waals surface area contributed by atoms with Gasteiger partial charge in [0.25, 0.3) is 0 Å². The Morgan fingerprint density at radius 2 is 1.17 bits per heavy atom.